The average Bonchev–Trinajstić information content (AvgIpc) is 3.26. The molecule has 2 bridgehead atoms. The number of amides is 2. The van der Waals surface area contributed by atoms with Crippen molar-refractivity contribution in [2.45, 2.75) is 16.4 Å². The van der Waals surface area contributed by atoms with Crippen molar-refractivity contribution in [3.05, 3.63) is 136 Å². The summed E-state index contributed by atoms with van der Waals surface area (Å²) >= 11 is 14.9. The van der Waals surface area contributed by atoms with Crippen molar-refractivity contribution in [1.29, 1.82) is 0 Å². The van der Waals surface area contributed by atoms with Crippen LogP contribution in [0.2, 0.25) is 0 Å². The molecule has 4 aromatic rings. The molecule has 5 nitrogen and oxygen atoms in total. The van der Waals surface area contributed by atoms with Crippen LogP contribution in [0.15, 0.2) is 97.1 Å². The number of imide groups is 1. The smallest absolute Gasteiger partial charge is 0.338 e. The van der Waals surface area contributed by atoms with E-state index in [2.05, 4.69) is 0 Å². The fourth-order valence-corrected chi connectivity index (χ4v) is 7.61. The Morgan fingerprint density at radius 1 is 0.725 bits per heavy atom. The third-order valence-corrected chi connectivity index (χ3v) is 9.55. The summed E-state index contributed by atoms with van der Waals surface area (Å²) in [5.41, 5.74) is 3.64. The molecule has 0 spiro atoms. The summed E-state index contributed by atoms with van der Waals surface area (Å²) < 4.78 is 19.1. The molecule has 4 aliphatic rings. The van der Waals surface area contributed by atoms with Crippen LogP contribution < -0.4 is 4.90 Å². The molecule has 3 aliphatic carbocycles. The Bertz CT molecular complexity index is 1620. The highest BCUT2D eigenvalue weighted by molar-refractivity contribution is 6.38. The van der Waals surface area contributed by atoms with Crippen molar-refractivity contribution in [1.82, 2.24) is 0 Å². The fourth-order valence-electron chi connectivity index (χ4n) is 6.51. The van der Waals surface area contributed by atoms with Gasteiger partial charge in [0.05, 0.1) is 23.1 Å². The standard InChI is InChI=1S/C32H20Cl2FNO4/c33-31-21-8-2-3-9-22(21)32(34,24-11-5-4-10-23(24)31)27-26(31)28(37)36(29(27)38)20-15-13-18(14-16-20)30(39)40-17-19-7-1-6-12-25(19)35/h1-16,26-27H,17H2/t26-,27+,31?,32?. The molecular weight excluding hydrogens is 552 g/mol. The van der Waals surface area contributed by atoms with Crippen LogP contribution >= 0.6 is 23.2 Å². The van der Waals surface area contributed by atoms with Crippen molar-refractivity contribution in [3.8, 4) is 0 Å². The van der Waals surface area contributed by atoms with Crippen LogP contribution in [0.5, 0.6) is 0 Å². The van der Waals surface area contributed by atoms with Gasteiger partial charge in [0.15, 0.2) is 0 Å². The van der Waals surface area contributed by atoms with Gasteiger partial charge in [-0.15, -0.1) is 23.2 Å². The highest BCUT2D eigenvalue weighted by atomic mass is 35.5. The number of anilines is 1. The SMILES string of the molecule is O=C(OCc1ccccc1F)c1ccc(N2C(=O)[C@@H]3[C@H](C2=O)C2(Cl)c4ccccc4C3(Cl)c3ccccc32)cc1. The summed E-state index contributed by atoms with van der Waals surface area (Å²) in [6.07, 6.45) is 0. The van der Waals surface area contributed by atoms with Gasteiger partial charge in [-0.05, 0) is 52.6 Å². The largest absolute Gasteiger partial charge is 0.457 e. The minimum Gasteiger partial charge on any atom is -0.457 e. The quantitative estimate of drug-likeness (QED) is 0.164. The lowest BCUT2D eigenvalue weighted by molar-refractivity contribution is -0.122. The maximum atomic E-state index is 14.1. The first kappa shape index (κ1) is 25.0. The summed E-state index contributed by atoms with van der Waals surface area (Å²) in [6.45, 7) is -0.226. The van der Waals surface area contributed by atoms with Gasteiger partial charge in [0.25, 0.3) is 0 Å². The van der Waals surface area contributed by atoms with Crippen LogP contribution in [-0.2, 0) is 30.7 Å². The summed E-state index contributed by atoms with van der Waals surface area (Å²) in [5, 5.41) is 0. The maximum absolute atomic E-state index is 14.1. The third kappa shape index (κ3) is 3.17. The highest BCUT2D eigenvalue weighted by Crippen LogP contribution is 2.69. The van der Waals surface area contributed by atoms with Crippen LogP contribution in [0.1, 0.15) is 38.2 Å². The number of carbonyl (C=O) groups excluding carboxylic acids is 3. The number of esters is 1. The number of ether oxygens (including phenoxy) is 1. The molecule has 40 heavy (non-hydrogen) atoms. The van der Waals surface area contributed by atoms with Gasteiger partial charge >= 0.3 is 5.97 Å². The molecule has 0 radical (unpaired) electrons. The second-order valence-corrected chi connectivity index (χ2v) is 11.4. The zero-order valence-electron chi connectivity index (χ0n) is 20.8. The molecule has 0 unspecified atom stereocenters. The molecule has 4 aromatic carbocycles. The number of rotatable bonds is 4. The lowest BCUT2D eigenvalue weighted by Crippen LogP contribution is -2.57. The van der Waals surface area contributed by atoms with Crippen molar-refractivity contribution in [2.24, 2.45) is 11.8 Å². The highest BCUT2D eigenvalue weighted by Gasteiger charge is 2.73. The number of carbonyl (C=O) groups is 3. The molecule has 1 saturated heterocycles. The van der Waals surface area contributed by atoms with Gasteiger partial charge in [-0.25, -0.2) is 14.1 Å². The molecular formula is C32H20Cl2FNO4. The zero-order valence-corrected chi connectivity index (χ0v) is 22.3. The van der Waals surface area contributed by atoms with E-state index in [0.717, 1.165) is 27.2 Å². The molecule has 8 heteroatoms. The van der Waals surface area contributed by atoms with E-state index in [9.17, 15) is 18.8 Å². The number of hydrogen-bond donors (Lipinski definition) is 0. The Morgan fingerprint density at radius 2 is 1.18 bits per heavy atom. The molecule has 8 rings (SSSR count). The van der Waals surface area contributed by atoms with E-state index in [-0.39, 0.29) is 17.7 Å². The van der Waals surface area contributed by atoms with Crippen LogP contribution in [-0.4, -0.2) is 17.8 Å². The number of alkyl halides is 2. The second-order valence-electron chi connectivity index (χ2n) is 10.2. The fraction of sp³-hybridized carbons (Fsp3) is 0.156. The van der Waals surface area contributed by atoms with Crippen LogP contribution in [0, 0.1) is 17.7 Å². The number of benzene rings is 4. The van der Waals surface area contributed by atoms with E-state index < -0.39 is 45.2 Å². The third-order valence-electron chi connectivity index (χ3n) is 8.26. The topological polar surface area (TPSA) is 63.7 Å². The van der Waals surface area contributed by atoms with Crippen molar-refractivity contribution >= 4 is 46.7 Å². The molecule has 1 aliphatic heterocycles. The molecule has 1 heterocycles. The Balaban J connectivity index is 1.23. The van der Waals surface area contributed by atoms with Gasteiger partial charge in [0, 0.05) is 5.56 Å². The van der Waals surface area contributed by atoms with E-state index in [4.69, 9.17) is 27.9 Å². The van der Waals surface area contributed by atoms with Crippen molar-refractivity contribution in [3.63, 3.8) is 0 Å². The molecule has 1 fully saturated rings. The lowest BCUT2D eigenvalue weighted by atomic mass is 9.54. The van der Waals surface area contributed by atoms with Gasteiger partial charge < -0.3 is 4.74 Å². The van der Waals surface area contributed by atoms with E-state index >= 15 is 0 Å². The van der Waals surface area contributed by atoms with Gasteiger partial charge in [-0.1, -0.05) is 66.7 Å². The number of halogens is 3. The van der Waals surface area contributed by atoms with Crippen LogP contribution in [0.25, 0.3) is 0 Å². The average molecular weight is 572 g/mol. The Hall–Kier alpha value is -4.00. The number of nitrogens with zero attached hydrogens (tertiary/aromatic N) is 1. The lowest BCUT2D eigenvalue weighted by Gasteiger charge is -2.54. The Labute approximate surface area is 239 Å². The molecule has 2 atom stereocenters. The molecule has 0 N–H and O–H groups in total. The van der Waals surface area contributed by atoms with Crippen LogP contribution in [0.3, 0.4) is 0 Å². The van der Waals surface area contributed by atoms with E-state index in [1.54, 1.807) is 12.1 Å². The first-order valence-corrected chi connectivity index (χ1v) is 13.5. The zero-order chi connectivity index (χ0) is 27.8. The minimum absolute atomic E-state index is 0.194. The molecule has 2 amide bonds. The van der Waals surface area contributed by atoms with Crippen molar-refractivity contribution in [2.75, 3.05) is 4.90 Å². The summed E-state index contributed by atoms with van der Waals surface area (Å²) in [6, 6.07) is 26.9. The normalized spacial score (nSPS) is 25.8. The molecule has 198 valence electrons. The van der Waals surface area contributed by atoms with Gasteiger partial charge in [-0.3, -0.25) is 9.59 Å². The maximum Gasteiger partial charge on any atom is 0.338 e. The Morgan fingerprint density at radius 3 is 1.65 bits per heavy atom. The first-order chi connectivity index (χ1) is 19.3. The molecule has 0 aromatic heterocycles. The van der Waals surface area contributed by atoms with E-state index in [1.165, 1.54) is 36.4 Å². The predicted molar refractivity (Wildman–Crippen MR) is 148 cm³/mol. The Kier molecular flexibility index (Phi) is 5.47. The summed E-state index contributed by atoms with van der Waals surface area (Å²) in [4.78, 5) is 39.3. The van der Waals surface area contributed by atoms with E-state index in [0.29, 0.717) is 5.69 Å². The monoisotopic (exact) mass is 571 g/mol. The molecule has 0 saturated carbocycles. The number of hydrogen-bond acceptors (Lipinski definition) is 4. The first-order valence-electron chi connectivity index (χ1n) is 12.7. The summed E-state index contributed by atoms with van der Waals surface area (Å²) in [7, 11) is 0. The predicted octanol–water partition coefficient (Wildman–Crippen LogP) is 6.28. The van der Waals surface area contributed by atoms with Gasteiger partial charge in [-0.2, -0.15) is 0 Å². The van der Waals surface area contributed by atoms with Crippen molar-refractivity contribution < 1.29 is 23.5 Å². The second kappa shape index (κ2) is 8.75. The van der Waals surface area contributed by atoms with Gasteiger partial charge in [0.2, 0.25) is 11.8 Å². The summed E-state index contributed by atoms with van der Waals surface area (Å²) in [5.74, 6) is -3.87. The van der Waals surface area contributed by atoms with Crippen LogP contribution in [0.4, 0.5) is 10.1 Å². The minimum atomic E-state index is -1.27. The van der Waals surface area contributed by atoms with E-state index in [1.807, 2.05) is 48.5 Å². The van der Waals surface area contributed by atoms with Gasteiger partial charge in [0.1, 0.15) is 22.2 Å².